The Morgan fingerprint density at radius 3 is 2.71 bits per heavy atom. The minimum Gasteiger partial charge on any atom is -0.399 e. The predicted molar refractivity (Wildman–Crippen MR) is 56.6 cm³/mol. The molecule has 70 valence electrons. The van der Waals surface area contributed by atoms with Crippen molar-refractivity contribution in [1.82, 2.24) is 9.97 Å². The summed E-state index contributed by atoms with van der Waals surface area (Å²) in [6.45, 7) is 1.95. The highest BCUT2D eigenvalue weighted by molar-refractivity contribution is 5.59. The SMILES string of the molecule is Cc1cccc(-c2cc(N)ccn2)n1. The highest BCUT2D eigenvalue weighted by Gasteiger charge is 2.00. The largest absolute Gasteiger partial charge is 0.399 e. The Morgan fingerprint density at radius 1 is 1.14 bits per heavy atom. The van der Waals surface area contributed by atoms with Gasteiger partial charge in [0.2, 0.25) is 0 Å². The molecule has 0 bridgehead atoms. The van der Waals surface area contributed by atoms with Gasteiger partial charge in [-0.3, -0.25) is 9.97 Å². The number of aryl methyl sites for hydroxylation is 1. The van der Waals surface area contributed by atoms with Gasteiger partial charge >= 0.3 is 0 Å². The normalized spacial score (nSPS) is 10.1. The molecule has 0 unspecified atom stereocenters. The summed E-state index contributed by atoms with van der Waals surface area (Å²) in [5.74, 6) is 0. The average Bonchev–Trinajstić information content (AvgIpc) is 2.18. The lowest BCUT2D eigenvalue weighted by Crippen LogP contribution is -1.91. The molecule has 0 saturated carbocycles. The molecular formula is C11H11N3. The van der Waals surface area contributed by atoms with Crippen molar-refractivity contribution in [3.05, 3.63) is 42.2 Å². The summed E-state index contributed by atoms with van der Waals surface area (Å²) >= 11 is 0. The van der Waals surface area contributed by atoms with E-state index in [-0.39, 0.29) is 0 Å². The quantitative estimate of drug-likeness (QED) is 0.739. The van der Waals surface area contributed by atoms with Crippen molar-refractivity contribution >= 4 is 5.69 Å². The van der Waals surface area contributed by atoms with Crippen molar-refractivity contribution in [3.8, 4) is 11.4 Å². The van der Waals surface area contributed by atoms with Gasteiger partial charge in [0, 0.05) is 17.6 Å². The minimum absolute atomic E-state index is 0.707. The first-order valence-corrected chi connectivity index (χ1v) is 4.41. The van der Waals surface area contributed by atoms with E-state index in [1.165, 1.54) is 0 Å². The van der Waals surface area contributed by atoms with E-state index < -0.39 is 0 Å². The van der Waals surface area contributed by atoms with Gasteiger partial charge in [-0.05, 0) is 31.2 Å². The van der Waals surface area contributed by atoms with Gasteiger partial charge in [-0.15, -0.1) is 0 Å². The Labute approximate surface area is 82.6 Å². The molecule has 3 nitrogen and oxygen atoms in total. The van der Waals surface area contributed by atoms with Gasteiger partial charge in [-0.1, -0.05) is 6.07 Å². The van der Waals surface area contributed by atoms with Gasteiger partial charge in [0.15, 0.2) is 0 Å². The first kappa shape index (κ1) is 8.69. The van der Waals surface area contributed by atoms with Crippen molar-refractivity contribution in [2.75, 3.05) is 5.73 Å². The Bertz CT molecular complexity index is 408. The summed E-state index contributed by atoms with van der Waals surface area (Å²) in [5.41, 5.74) is 9.02. The molecule has 2 rings (SSSR count). The second kappa shape index (κ2) is 3.46. The summed E-state index contributed by atoms with van der Waals surface area (Å²) in [6, 6.07) is 9.42. The molecule has 2 aromatic heterocycles. The van der Waals surface area contributed by atoms with E-state index in [0.29, 0.717) is 5.69 Å². The van der Waals surface area contributed by atoms with Crippen LogP contribution in [-0.4, -0.2) is 9.97 Å². The van der Waals surface area contributed by atoms with Crippen LogP contribution in [0.2, 0.25) is 0 Å². The minimum atomic E-state index is 0.707. The number of rotatable bonds is 1. The van der Waals surface area contributed by atoms with Gasteiger partial charge < -0.3 is 5.73 Å². The van der Waals surface area contributed by atoms with E-state index in [4.69, 9.17) is 5.73 Å². The number of nitrogen functional groups attached to an aromatic ring is 1. The highest BCUT2D eigenvalue weighted by Crippen LogP contribution is 2.16. The zero-order valence-electron chi connectivity index (χ0n) is 7.94. The third-order valence-electron chi connectivity index (χ3n) is 1.93. The van der Waals surface area contributed by atoms with Crippen molar-refractivity contribution in [2.24, 2.45) is 0 Å². The van der Waals surface area contributed by atoms with Crippen molar-refractivity contribution in [2.45, 2.75) is 6.92 Å². The lowest BCUT2D eigenvalue weighted by molar-refractivity contribution is 1.18. The van der Waals surface area contributed by atoms with Gasteiger partial charge in [-0.2, -0.15) is 0 Å². The smallest absolute Gasteiger partial charge is 0.0906 e. The number of hydrogen-bond acceptors (Lipinski definition) is 3. The predicted octanol–water partition coefficient (Wildman–Crippen LogP) is 2.03. The van der Waals surface area contributed by atoms with Crippen LogP contribution in [0.5, 0.6) is 0 Å². The Kier molecular flexibility index (Phi) is 2.14. The molecule has 0 fully saturated rings. The zero-order chi connectivity index (χ0) is 9.97. The number of anilines is 1. The van der Waals surface area contributed by atoms with E-state index in [0.717, 1.165) is 17.1 Å². The molecule has 0 aliphatic rings. The van der Waals surface area contributed by atoms with Crippen LogP contribution < -0.4 is 5.73 Å². The summed E-state index contributed by atoms with van der Waals surface area (Å²) in [7, 11) is 0. The monoisotopic (exact) mass is 185 g/mol. The van der Waals surface area contributed by atoms with Gasteiger partial charge in [0.1, 0.15) is 0 Å². The van der Waals surface area contributed by atoms with Crippen LogP contribution in [0.3, 0.4) is 0 Å². The fourth-order valence-corrected chi connectivity index (χ4v) is 1.27. The maximum atomic E-state index is 5.67. The van der Waals surface area contributed by atoms with Gasteiger partial charge in [0.25, 0.3) is 0 Å². The number of hydrogen-bond donors (Lipinski definition) is 1. The molecule has 0 amide bonds. The lowest BCUT2D eigenvalue weighted by atomic mass is 10.2. The average molecular weight is 185 g/mol. The number of pyridine rings is 2. The van der Waals surface area contributed by atoms with E-state index in [9.17, 15) is 0 Å². The first-order valence-electron chi connectivity index (χ1n) is 4.41. The Hall–Kier alpha value is -1.90. The topological polar surface area (TPSA) is 51.8 Å². The Balaban J connectivity index is 2.49. The molecule has 0 aliphatic heterocycles. The fraction of sp³-hybridized carbons (Fsp3) is 0.0909. The van der Waals surface area contributed by atoms with Crippen molar-refractivity contribution < 1.29 is 0 Å². The molecule has 14 heavy (non-hydrogen) atoms. The molecule has 2 aromatic rings. The van der Waals surface area contributed by atoms with Crippen LogP contribution in [0.15, 0.2) is 36.5 Å². The number of aromatic nitrogens is 2. The molecule has 2 heterocycles. The Morgan fingerprint density at radius 2 is 2.00 bits per heavy atom. The first-order chi connectivity index (χ1) is 6.75. The maximum Gasteiger partial charge on any atom is 0.0906 e. The second-order valence-electron chi connectivity index (χ2n) is 3.14. The molecule has 0 saturated heterocycles. The summed E-state index contributed by atoms with van der Waals surface area (Å²) in [5, 5.41) is 0. The molecule has 0 aliphatic carbocycles. The summed E-state index contributed by atoms with van der Waals surface area (Å²) in [4.78, 5) is 8.57. The van der Waals surface area contributed by atoms with Crippen LogP contribution in [0.1, 0.15) is 5.69 Å². The molecule has 0 radical (unpaired) electrons. The van der Waals surface area contributed by atoms with E-state index in [2.05, 4.69) is 9.97 Å². The third-order valence-corrected chi connectivity index (χ3v) is 1.93. The van der Waals surface area contributed by atoms with Gasteiger partial charge in [-0.25, -0.2) is 0 Å². The van der Waals surface area contributed by atoms with Crippen LogP contribution >= 0.6 is 0 Å². The molecular weight excluding hydrogens is 174 g/mol. The molecule has 2 N–H and O–H groups in total. The van der Waals surface area contributed by atoms with Crippen LogP contribution in [-0.2, 0) is 0 Å². The standard InChI is InChI=1S/C11H11N3/c1-8-3-2-4-10(14-8)11-7-9(12)5-6-13-11/h2-7H,1H3,(H2,12,13). The number of nitrogens with two attached hydrogens (primary N) is 1. The van der Waals surface area contributed by atoms with E-state index >= 15 is 0 Å². The lowest BCUT2D eigenvalue weighted by Gasteiger charge is -2.01. The van der Waals surface area contributed by atoms with Crippen LogP contribution in [0.25, 0.3) is 11.4 Å². The van der Waals surface area contributed by atoms with E-state index in [1.807, 2.05) is 31.2 Å². The summed E-state index contributed by atoms with van der Waals surface area (Å²) in [6.07, 6.45) is 1.69. The summed E-state index contributed by atoms with van der Waals surface area (Å²) < 4.78 is 0. The molecule has 0 spiro atoms. The molecule has 3 heteroatoms. The van der Waals surface area contributed by atoms with Crippen LogP contribution in [0, 0.1) is 6.92 Å². The van der Waals surface area contributed by atoms with Gasteiger partial charge in [0.05, 0.1) is 11.4 Å². The third kappa shape index (κ3) is 1.71. The fourth-order valence-electron chi connectivity index (χ4n) is 1.27. The molecule has 0 atom stereocenters. The molecule has 0 aromatic carbocycles. The second-order valence-corrected chi connectivity index (χ2v) is 3.14. The van der Waals surface area contributed by atoms with E-state index in [1.54, 1.807) is 12.3 Å². The van der Waals surface area contributed by atoms with Crippen LogP contribution in [0.4, 0.5) is 5.69 Å². The zero-order valence-corrected chi connectivity index (χ0v) is 7.94. The van der Waals surface area contributed by atoms with Crippen molar-refractivity contribution in [3.63, 3.8) is 0 Å². The highest BCUT2D eigenvalue weighted by atomic mass is 14.8. The maximum absolute atomic E-state index is 5.67. The number of nitrogens with zero attached hydrogens (tertiary/aromatic N) is 2. The van der Waals surface area contributed by atoms with Crippen molar-refractivity contribution in [1.29, 1.82) is 0 Å².